The van der Waals surface area contributed by atoms with Crippen molar-refractivity contribution < 1.29 is 29.4 Å². The maximum absolute atomic E-state index is 13.7. The number of aromatic hydroxyl groups is 1. The highest BCUT2D eigenvalue weighted by atomic mass is 32.2. The fourth-order valence-electron chi connectivity index (χ4n) is 5.71. The zero-order valence-electron chi connectivity index (χ0n) is 26.6. The lowest BCUT2D eigenvalue weighted by Gasteiger charge is -2.33. The van der Waals surface area contributed by atoms with Gasteiger partial charge >= 0.3 is 0 Å². The Bertz CT molecular complexity index is 1300. The highest BCUT2D eigenvalue weighted by Gasteiger charge is 2.36. The molecule has 1 heterocycles. The van der Waals surface area contributed by atoms with Crippen LogP contribution in [0, 0.1) is 13.8 Å². The van der Waals surface area contributed by atoms with Crippen LogP contribution in [0.15, 0.2) is 42.5 Å². The Morgan fingerprint density at radius 2 is 1.76 bits per heavy atom. The fourth-order valence-corrected chi connectivity index (χ4v) is 6.18. The average Bonchev–Trinajstić information content (AvgIpc) is 3.51. The minimum absolute atomic E-state index is 0.140. The van der Waals surface area contributed by atoms with Crippen molar-refractivity contribution in [3.05, 3.63) is 64.7 Å². The molecule has 4 amide bonds. The lowest BCUT2D eigenvalue weighted by Crippen LogP contribution is -2.56. The Morgan fingerprint density at radius 3 is 2.38 bits per heavy atom. The molecule has 246 valence electrons. The summed E-state index contributed by atoms with van der Waals surface area (Å²) in [6, 6.07) is 9.68. The number of amides is 4. The van der Waals surface area contributed by atoms with Gasteiger partial charge in [-0.25, -0.2) is 0 Å². The number of aliphatic hydroxyl groups is 1. The monoisotopic (exact) mass is 641 g/mol. The van der Waals surface area contributed by atoms with Crippen LogP contribution in [0.1, 0.15) is 41.5 Å². The Balaban J connectivity index is 1.67. The number of carbonyl (C=O) groups excluding carboxylic acids is 4. The van der Waals surface area contributed by atoms with E-state index < -0.39 is 35.8 Å². The molecule has 1 unspecified atom stereocenters. The predicted molar refractivity (Wildman–Crippen MR) is 176 cm³/mol. The first kappa shape index (κ1) is 35.9. The van der Waals surface area contributed by atoms with Gasteiger partial charge in [0.05, 0.1) is 25.2 Å². The summed E-state index contributed by atoms with van der Waals surface area (Å²) in [5.41, 5.74) is 9.60. The van der Waals surface area contributed by atoms with Gasteiger partial charge < -0.3 is 36.4 Å². The summed E-state index contributed by atoms with van der Waals surface area (Å²) >= 11 is 1.52. The molecule has 4 atom stereocenters. The third-order valence-electron chi connectivity index (χ3n) is 8.39. The van der Waals surface area contributed by atoms with E-state index in [1.807, 2.05) is 50.4 Å². The molecule has 45 heavy (non-hydrogen) atoms. The molecule has 0 radical (unpaired) electrons. The van der Waals surface area contributed by atoms with Crippen LogP contribution >= 0.6 is 11.8 Å². The van der Waals surface area contributed by atoms with E-state index in [4.69, 9.17) is 5.73 Å². The third kappa shape index (κ3) is 9.94. The number of phenolic OH excluding ortho intramolecular Hbond substituents is 1. The van der Waals surface area contributed by atoms with Gasteiger partial charge in [-0.15, -0.1) is 0 Å². The van der Waals surface area contributed by atoms with Gasteiger partial charge in [0.15, 0.2) is 0 Å². The Labute approximate surface area is 269 Å². The first-order chi connectivity index (χ1) is 21.5. The minimum Gasteiger partial charge on any atom is -0.508 e. The summed E-state index contributed by atoms with van der Waals surface area (Å²) in [6.45, 7) is 3.69. The van der Waals surface area contributed by atoms with Crippen molar-refractivity contribution in [1.82, 2.24) is 20.4 Å². The average molecular weight is 642 g/mol. The molecule has 0 aromatic heterocycles. The number of hydrogen-bond acceptors (Lipinski definition) is 8. The van der Waals surface area contributed by atoms with E-state index in [1.165, 1.54) is 16.7 Å². The topological polar surface area (TPSA) is 165 Å². The van der Waals surface area contributed by atoms with Gasteiger partial charge in [0.1, 0.15) is 17.8 Å². The SMILES string of the molecule is CSCC[C@@H](NC(=O)[C@H](N)Cc1c(C)cc(O)cc1C)C(=O)NCC(=O)N(C)[C@@H](Cc1ccccc1)C(=O)N1CCCC1CO. The highest BCUT2D eigenvalue weighted by Crippen LogP contribution is 2.23. The summed E-state index contributed by atoms with van der Waals surface area (Å²) in [5.74, 6) is -0.981. The molecule has 11 nitrogen and oxygen atoms in total. The smallest absolute Gasteiger partial charge is 0.246 e. The number of carbonyl (C=O) groups is 4. The summed E-state index contributed by atoms with van der Waals surface area (Å²) < 4.78 is 0. The number of likely N-dealkylation sites (N-methyl/N-ethyl adjacent to an activating group) is 1. The van der Waals surface area contributed by atoms with Crippen molar-refractivity contribution in [3.63, 3.8) is 0 Å². The second-order valence-corrected chi connectivity index (χ2v) is 12.6. The van der Waals surface area contributed by atoms with Gasteiger partial charge in [0.2, 0.25) is 23.6 Å². The van der Waals surface area contributed by atoms with E-state index in [1.54, 1.807) is 24.1 Å². The molecular formula is C33H47N5O6S. The number of nitrogens with zero attached hydrogens (tertiary/aromatic N) is 2. The Kier molecular flexibility index (Phi) is 13.7. The molecule has 1 aliphatic rings. The molecule has 1 aliphatic heterocycles. The van der Waals surface area contributed by atoms with E-state index >= 15 is 0 Å². The molecule has 0 bridgehead atoms. The van der Waals surface area contributed by atoms with Crippen LogP contribution in [0.4, 0.5) is 0 Å². The van der Waals surface area contributed by atoms with E-state index in [9.17, 15) is 29.4 Å². The largest absolute Gasteiger partial charge is 0.508 e. The fraction of sp³-hybridized carbons (Fsp3) is 0.515. The molecule has 3 rings (SSSR count). The number of aryl methyl sites for hydroxylation is 2. The summed E-state index contributed by atoms with van der Waals surface area (Å²) in [5, 5.41) is 25.0. The highest BCUT2D eigenvalue weighted by molar-refractivity contribution is 7.98. The van der Waals surface area contributed by atoms with Crippen LogP contribution in [0.25, 0.3) is 0 Å². The van der Waals surface area contributed by atoms with E-state index in [0.717, 1.165) is 28.7 Å². The van der Waals surface area contributed by atoms with Crippen molar-refractivity contribution >= 4 is 35.4 Å². The number of aliphatic hydroxyl groups excluding tert-OH is 1. The standard InChI is InChI=1S/C33H47N5O6S/c1-21-15-25(40)16-22(2)26(21)18-27(34)31(42)36-28(12-14-45-4)32(43)35-19-30(41)37(3)29(17-23-9-6-5-7-10-23)33(44)38-13-8-11-24(38)20-39/h5-7,9-10,15-16,24,27-29,39-40H,8,11-14,17-20,34H2,1-4H3,(H,35,43)(H,36,42)/t24?,27-,28-,29+/m1/s1. The van der Waals surface area contributed by atoms with Crippen LogP contribution in [-0.2, 0) is 32.0 Å². The van der Waals surface area contributed by atoms with Gasteiger partial charge in [0.25, 0.3) is 0 Å². The van der Waals surface area contributed by atoms with Crippen LogP contribution < -0.4 is 16.4 Å². The maximum atomic E-state index is 13.7. The lowest BCUT2D eigenvalue weighted by molar-refractivity contribution is -0.145. The second-order valence-electron chi connectivity index (χ2n) is 11.6. The molecule has 6 N–H and O–H groups in total. The normalized spacial score (nSPS) is 16.5. The van der Waals surface area contributed by atoms with E-state index in [-0.39, 0.29) is 43.7 Å². The van der Waals surface area contributed by atoms with Gasteiger partial charge in [-0.1, -0.05) is 30.3 Å². The quantitative estimate of drug-likeness (QED) is 0.194. The molecular weight excluding hydrogens is 594 g/mol. The molecule has 0 saturated carbocycles. The Morgan fingerprint density at radius 1 is 1.09 bits per heavy atom. The first-order valence-corrected chi connectivity index (χ1v) is 16.7. The molecule has 0 aliphatic carbocycles. The van der Waals surface area contributed by atoms with Crippen molar-refractivity contribution in [3.8, 4) is 5.75 Å². The maximum Gasteiger partial charge on any atom is 0.246 e. The van der Waals surface area contributed by atoms with Gasteiger partial charge in [-0.3, -0.25) is 19.2 Å². The molecule has 0 spiro atoms. The number of benzene rings is 2. The van der Waals surface area contributed by atoms with E-state index in [0.29, 0.717) is 25.1 Å². The number of nitrogens with one attached hydrogen (secondary N) is 2. The Hall–Kier alpha value is -3.61. The number of hydrogen-bond donors (Lipinski definition) is 5. The number of rotatable bonds is 15. The van der Waals surface area contributed by atoms with Gasteiger partial charge in [-0.05, 0) is 85.9 Å². The number of likely N-dealkylation sites (tertiary alicyclic amines) is 1. The van der Waals surface area contributed by atoms with Gasteiger partial charge in [0, 0.05) is 20.0 Å². The van der Waals surface area contributed by atoms with Gasteiger partial charge in [-0.2, -0.15) is 11.8 Å². The molecule has 1 fully saturated rings. The third-order valence-corrected chi connectivity index (χ3v) is 9.03. The van der Waals surface area contributed by atoms with Crippen molar-refractivity contribution in [2.45, 2.75) is 70.1 Å². The summed E-state index contributed by atoms with van der Waals surface area (Å²) in [6.07, 6.45) is 4.23. The van der Waals surface area contributed by atoms with Crippen LogP contribution in [0.3, 0.4) is 0 Å². The van der Waals surface area contributed by atoms with E-state index in [2.05, 4.69) is 10.6 Å². The second kappa shape index (κ2) is 17.2. The molecule has 12 heteroatoms. The predicted octanol–water partition coefficient (Wildman–Crippen LogP) is 1.29. The first-order valence-electron chi connectivity index (χ1n) is 15.3. The number of thioether (sulfide) groups is 1. The van der Waals surface area contributed by atoms with Crippen LogP contribution in [0.5, 0.6) is 5.75 Å². The number of nitrogens with two attached hydrogens (primary N) is 1. The zero-order valence-corrected chi connectivity index (χ0v) is 27.4. The summed E-state index contributed by atoms with van der Waals surface area (Å²) in [4.78, 5) is 56.4. The molecule has 2 aromatic carbocycles. The van der Waals surface area contributed by atoms with Crippen molar-refractivity contribution in [1.29, 1.82) is 0 Å². The van der Waals surface area contributed by atoms with Crippen molar-refractivity contribution in [2.75, 3.05) is 38.8 Å². The molecule has 1 saturated heterocycles. The zero-order chi connectivity index (χ0) is 33.1. The lowest BCUT2D eigenvalue weighted by atomic mass is 9.96. The number of phenols is 1. The van der Waals surface area contributed by atoms with Crippen molar-refractivity contribution in [2.24, 2.45) is 5.73 Å². The summed E-state index contributed by atoms with van der Waals surface area (Å²) in [7, 11) is 1.54. The molecule has 2 aromatic rings. The van der Waals surface area contributed by atoms with Crippen LogP contribution in [-0.4, -0.2) is 107 Å². The minimum atomic E-state index is -0.928. The van der Waals surface area contributed by atoms with Crippen LogP contribution in [0.2, 0.25) is 0 Å².